The summed E-state index contributed by atoms with van der Waals surface area (Å²) >= 11 is 1.62. The summed E-state index contributed by atoms with van der Waals surface area (Å²) < 4.78 is 5.48. The molecule has 2 amide bonds. The first-order chi connectivity index (χ1) is 14.6. The van der Waals surface area contributed by atoms with Gasteiger partial charge in [-0.1, -0.05) is 6.07 Å². The number of carbonyl (C=O) groups excluding carboxylic acids is 2. The summed E-state index contributed by atoms with van der Waals surface area (Å²) in [7, 11) is 0. The Kier molecular flexibility index (Phi) is 6.13. The highest BCUT2D eigenvalue weighted by Crippen LogP contribution is 2.25. The van der Waals surface area contributed by atoms with Gasteiger partial charge in [0.05, 0.1) is 31.0 Å². The van der Waals surface area contributed by atoms with Gasteiger partial charge in [-0.3, -0.25) is 14.7 Å². The van der Waals surface area contributed by atoms with Crippen LogP contribution in [0.2, 0.25) is 0 Å². The van der Waals surface area contributed by atoms with Crippen LogP contribution in [0.4, 0.5) is 0 Å². The van der Waals surface area contributed by atoms with Gasteiger partial charge in [0.2, 0.25) is 11.8 Å². The molecular weight excluding hydrogens is 400 g/mol. The normalized spacial score (nSPS) is 16.1. The smallest absolute Gasteiger partial charge is 0.225 e. The number of aromatic nitrogens is 2. The molecule has 0 spiro atoms. The third-order valence-corrected chi connectivity index (χ3v) is 6.00. The zero-order chi connectivity index (χ0) is 20.9. The van der Waals surface area contributed by atoms with Crippen molar-refractivity contribution in [1.29, 1.82) is 0 Å². The average Bonchev–Trinajstić information content (AvgIpc) is 3.50. The molecule has 30 heavy (non-hydrogen) atoms. The predicted molar refractivity (Wildman–Crippen MR) is 115 cm³/mol. The molecule has 1 unspecified atom stereocenters. The summed E-state index contributed by atoms with van der Waals surface area (Å²) in [6, 6.07) is 11.7. The van der Waals surface area contributed by atoms with Crippen molar-refractivity contribution in [2.24, 2.45) is 5.92 Å². The number of hydrogen-bond acceptors (Lipinski definition) is 5. The third kappa shape index (κ3) is 4.54. The van der Waals surface area contributed by atoms with Gasteiger partial charge in [-0.15, -0.1) is 11.3 Å². The molecule has 156 valence electrons. The van der Waals surface area contributed by atoms with Crippen LogP contribution in [0.1, 0.15) is 23.8 Å². The highest BCUT2D eigenvalue weighted by atomic mass is 32.1. The number of amides is 2. The quantitative estimate of drug-likeness (QED) is 0.581. The fraction of sp³-hybridized carbons (Fsp3) is 0.318. The standard InChI is InChI=1S/C22H24N4O3S/c1-2-29-18-7-5-15(6-8-18)21-17(12-24-25-21)11-23-22(28)16-10-20(27)26(13-16)14-19-4-3-9-30-19/h3-9,12,16H,2,10-11,13-14H2,1H3,(H,23,28)(H,24,25). The number of likely N-dealkylation sites (tertiary alicyclic amines) is 1. The maximum absolute atomic E-state index is 12.7. The van der Waals surface area contributed by atoms with Crippen molar-refractivity contribution in [3.63, 3.8) is 0 Å². The number of aromatic amines is 1. The van der Waals surface area contributed by atoms with Crippen molar-refractivity contribution in [2.75, 3.05) is 13.2 Å². The second-order valence-electron chi connectivity index (χ2n) is 7.20. The summed E-state index contributed by atoms with van der Waals surface area (Å²) in [5.74, 6) is 0.421. The van der Waals surface area contributed by atoms with Gasteiger partial charge in [-0.05, 0) is 42.6 Å². The zero-order valence-electron chi connectivity index (χ0n) is 16.8. The number of benzene rings is 1. The van der Waals surface area contributed by atoms with Gasteiger partial charge in [0.1, 0.15) is 5.75 Å². The lowest BCUT2D eigenvalue weighted by Crippen LogP contribution is -2.32. The minimum atomic E-state index is -0.321. The van der Waals surface area contributed by atoms with E-state index in [0.29, 0.717) is 26.2 Å². The number of hydrogen-bond donors (Lipinski definition) is 2. The van der Waals surface area contributed by atoms with Crippen LogP contribution in [0.5, 0.6) is 5.75 Å². The van der Waals surface area contributed by atoms with Crippen LogP contribution < -0.4 is 10.1 Å². The van der Waals surface area contributed by atoms with Crippen LogP contribution in [0.15, 0.2) is 48.0 Å². The molecule has 2 N–H and O–H groups in total. The molecule has 3 aromatic rings. The summed E-state index contributed by atoms with van der Waals surface area (Å²) in [6.07, 6.45) is 1.98. The van der Waals surface area contributed by atoms with E-state index in [4.69, 9.17) is 4.74 Å². The van der Waals surface area contributed by atoms with Crippen molar-refractivity contribution in [3.05, 3.63) is 58.4 Å². The number of thiophene rings is 1. The zero-order valence-corrected chi connectivity index (χ0v) is 17.6. The van der Waals surface area contributed by atoms with Crippen LogP contribution in [0, 0.1) is 5.92 Å². The van der Waals surface area contributed by atoms with E-state index in [1.54, 1.807) is 22.4 Å². The molecular formula is C22H24N4O3S. The van der Waals surface area contributed by atoms with E-state index in [9.17, 15) is 9.59 Å². The van der Waals surface area contributed by atoms with E-state index in [1.807, 2.05) is 48.7 Å². The fourth-order valence-electron chi connectivity index (χ4n) is 3.60. The van der Waals surface area contributed by atoms with Gasteiger partial charge in [0.15, 0.2) is 0 Å². The first-order valence-electron chi connectivity index (χ1n) is 9.97. The van der Waals surface area contributed by atoms with Crippen molar-refractivity contribution in [2.45, 2.75) is 26.4 Å². The van der Waals surface area contributed by atoms with Gasteiger partial charge in [0, 0.05) is 35.5 Å². The monoisotopic (exact) mass is 424 g/mol. The Morgan fingerprint density at radius 3 is 2.90 bits per heavy atom. The largest absolute Gasteiger partial charge is 0.494 e. The van der Waals surface area contributed by atoms with Gasteiger partial charge >= 0.3 is 0 Å². The molecule has 7 nitrogen and oxygen atoms in total. The molecule has 1 aliphatic rings. The highest BCUT2D eigenvalue weighted by molar-refractivity contribution is 7.09. The Morgan fingerprint density at radius 1 is 1.33 bits per heavy atom. The fourth-order valence-corrected chi connectivity index (χ4v) is 4.32. The molecule has 2 aromatic heterocycles. The minimum absolute atomic E-state index is 0.0296. The van der Waals surface area contributed by atoms with Crippen LogP contribution in [-0.2, 0) is 22.7 Å². The summed E-state index contributed by atoms with van der Waals surface area (Å²) in [4.78, 5) is 27.8. The van der Waals surface area contributed by atoms with Gasteiger partial charge < -0.3 is 15.0 Å². The molecule has 1 fully saturated rings. The summed E-state index contributed by atoms with van der Waals surface area (Å²) in [5.41, 5.74) is 2.73. The molecule has 1 aromatic carbocycles. The number of nitrogens with zero attached hydrogens (tertiary/aromatic N) is 2. The number of ether oxygens (including phenoxy) is 1. The molecule has 0 radical (unpaired) electrons. The third-order valence-electron chi connectivity index (χ3n) is 5.14. The molecule has 1 atom stereocenters. The Hall–Kier alpha value is -3.13. The van der Waals surface area contributed by atoms with Crippen LogP contribution in [-0.4, -0.2) is 40.1 Å². The van der Waals surface area contributed by atoms with Gasteiger partial charge in [0.25, 0.3) is 0 Å². The predicted octanol–water partition coefficient (Wildman–Crippen LogP) is 3.20. The van der Waals surface area contributed by atoms with Gasteiger partial charge in [-0.25, -0.2) is 0 Å². The van der Waals surface area contributed by atoms with E-state index < -0.39 is 0 Å². The lowest BCUT2D eigenvalue weighted by molar-refractivity contribution is -0.129. The molecule has 0 aliphatic carbocycles. The lowest BCUT2D eigenvalue weighted by Gasteiger charge is -2.15. The van der Waals surface area contributed by atoms with Crippen LogP contribution in [0.25, 0.3) is 11.3 Å². The second kappa shape index (κ2) is 9.13. The van der Waals surface area contributed by atoms with Gasteiger partial charge in [-0.2, -0.15) is 5.10 Å². The first-order valence-corrected chi connectivity index (χ1v) is 10.9. The second-order valence-corrected chi connectivity index (χ2v) is 8.23. The van der Waals surface area contributed by atoms with E-state index in [-0.39, 0.29) is 24.2 Å². The van der Waals surface area contributed by atoms with E-state index in [1.165, 1.54) is 0 Å². The lowest BCUT2D eigenvalue weighted by atomic mass is 10.1. The van der Waals surface area contributed by atoms with E-state index in [2.05, 4.69) is 15.5 Å². The number of nitrogens with one attached hydrogen (secondary N) is 2. The average molecular weight is 425 g/mol. The van der Waals surface area contributed by atoms with E-state index in [0.717, 1.165) is 27.4 Å². The summed E-state index contributed by atoms with van der Waals surface area (Å²) in [5, 5.41) is 12.1. The van der Waals surface area contributed by atoms with E-state index >= 15 is 0 Å². The number of rotatable bonds is 8. The molecule has 1 aliphatic heterocycles. The maximum Gasteiger partial charge on any atom is 0.225 e. The molecule has 0 saturated carbocycles. The van der Waals surface area contributed by atoms with Crippen molar-refractivity contribution in [3.8, 4) is 17.0 Å². The molecule has 4 rings (SSSR count). The topological polar surface area (TPSA) is 87.3 Å². The van der Waals surface area contributed by atoms with Crippen molar-refractivity contribution < 1.29 is 14.3 Å². The minimum Gasteiger partial charge on any atom is -0.494 e. The molecule has 1 saturated heterocycles. The number of carbonyl (C=O) groups is 2. The Labute approximate surface area is 179 Å². The molecule has 8 heteroatoms. The number of H-pyrrole nitrogens is 1. The molecule has 0 bridgehead atoms. The van der Waals surface area contributed by atoms with Crippen LogP contribution >= 0.6 is 11.3 Å². The Bertz CT molecular complexity index is 998. The summed E-state index contributed by atoms with van der Waals surface area (Å²) in [6.45, 7) is 3.95. The SMILES string of the molecule is CCOc1ccc(-c2[nH]ncc2CNC(=O)C2CC(=O)N(Cc3cccs3)C2)cc1. The van der Waals surface area contributed by atoms with Crippen molar-refractivity contribution >= 4 is 23.2 Å². The Morgan fingerprint density at radius 2 is 2.17 bits per heavy atom. The molecule has 3 heterocycles. The Balaban J connectivity index is 1.34. The van der Waals surface area contributed by atoms with Crippen molar-refractivity contribution in [1.82, 2.24) is 20.4 Å². The highest BCUT2D eigenvalue weighted by Gasteiger charge is 2.34. The maximum atomic E-state index is 12.7. The van der Waals surface area contributed by atoms with Crippen LogP contribution in [0.3, 0.4) is 0 Å². The first kappa shape index (κ1) is 20.2.